The van der Waals surface area contributed by atoms with E-state index < -0.39 is 11.7 Å². The minimum absolute atomic E-state index is 0.0869. The number of hydrogen-bond donors (Lipinski definition) is 1. The zero-order chi connectivity index (χ0) is 19.4. The number of fused-ring (bicyclic) bond motifs is 2. The molecule has 3 aliphatic rings. The summed E-state index contributed by atoms with van der Waals surface area (Å²) in [4.78, 5) is 22.5. The molecule has 1 atom stereocenters. The number of anilines is 1. The summed E-state index contributed by atoms with van der Waals surface area (Å²) in [5.74, 6) is -0.266. The molecule has 7 nitrogen and oxygen atoms in total. The first-order chi connectivity index (χ1) is 13.5. The highest BCUT2D eigenvalue weighted by Gasteiger charge is 2.39. The number of benzene rings is 1. The average Bonchev–Trinajstić information content (AvgIpc) is 3.36. The molecule has 4 heterocycles. The Morgan fingerprint density at radius 2 is 2.21 bits per heavy atom. The minimum Gasteiger partial charge on any atom is -0.364 e. The number of rotatable bonds is 3. The lowest BCUT2D eigenvalue weighted by Gasteiger charge is -2.41. The predicted octanol–water partition coefficient (Wildman–Crippen LogP) is 2.76. The van der Waals surface area contributed by atoms with E-state index in [9.17, 15) is 9.18 Å². The normalized spacial score (nSPS) is 20.4. The SMILES string of the molecule is NC(=O)c1cnc2n1CN(C1N3CCCC3=CN1c1ccc(F)c(Cl)c1)C=C2. The van der Waals surface area contributed by atoms with Crippen LogP contribution >= 0.6 is 11.6 Å². The fourth-order valence-electron chi connectivity index (χ4n) is 4.08. The van der Waals surface area contributed by atoms with E-state index in [0.717, 1.165) is 25.1 Å². The van der Waals surface area contributed by atoms with Crippen LogP contribution in [0, 0.1) is 5.82 Å². The van der Waals surface area contributed by atoms with E-state index in [4.69, 9.17) is 17.3 Å². The average molecular weight is 401 g/mol. The molecule has 1 aromatic carbocycles. The van der Waals surface area contributed by atoms with Crippen molar-refractivity contribution < 1.29 is 9.18 Å². The van der Waals surface area contributed by atoms with Crippen molar-refractivity contribution in [2.24, 2.45) is 5.73 Å². The van der Waals surface area contributed by atoms with Crippen molar-refractivity contribution >= 4 is 29.3 Å². The second-order valence-electron chi connectivity index (χ2n) is 7.03. The number of aromatic nitrogens is 2. The van der Waals surface area contributed by atoms with E-state index in [0.29, 0.717) is 18.2 Å². The number of nitrogens with two attached hydrogens (primary N) is 1. The maximum Gasteiger partial charge on any atom is 0.267 e. The highest BCUT2D eigenvalue weighted by Crippen LogP contribution is 2.38. The number of carbonyl (C=O) groups excluding carboxylic acids is 1. The predicted molar refractivity (Wildman–Crippen MR) is 103 cm³/mol. The van der Waals surface area contributed by atoms with E-state index in [1.165, 1.54) is 18.0 Å². The van der Waals surface area contributed by atoms with Crippen molar-refractivity contribution in [2.75, 3.05) is 11.4 Å². The van der Waals surface area contributed by atoms with Crippen molar-refractivity contribution in [3.8, 4) is 0 Å². The number of hydrogen-bond acceptors (Lipinski definition) is 5. The Morgan fingerprint density at radius 1 is 1.36 bits per heavy atom. The van der Waals surface area contributed by atoms with Gasteiger partial charge >= 0.3 is 0 Å². The number of allylic oxidation sites excluding steroid dienone is 1. The molecule has 1 amide bonds. The Labute approximate surface area is 166 Å². The molecule has 1 aromatic heterocycles. The summed E-state index contributed by atoms with van der Waals surface area (Å²) < 4.78 is 15.5. The van der Waals surface area contributed by atoms with Gasteiger partial charge in [0.1, 0.15) is 17.3 Å². The third-order valence-corrected chi connectivity index (χ3v) is 5.66. The molecule has 1 fully saturated rings. The summed E-state index contributed by atoms with van der Waals surface area (Å²) in [6.45, 7) is 1.35. The monoisotopic (exact) mass is 400 g/mol. The molecule has 5 rings (SSSR count). The van der Waals surface area contributed by atoms with E-state index in [2.05, 4.69) is 25.9 Å². The van der Waals surface area contributed by atoms with Gasteiger partial charge in [-0.15, -0.1) is 0 Å². The Hall–Kier alpha value is -3.00. The molecule has 0 bridgehead atoms. The highest BCUT2D eigenvalue weighted by molar-refractivity contribution is 6.31. The largest absolute Gasteiger partial charge is 0.364 e. The quantitative estimate of drug-likeness (QED) is 0.857. The number of primary amides is 1. The highest BCUT2D eigenvalue weighted by atomic mass is 35.5. The molecule has 1 saturated heterocycles. The summed E-state index contributed by atoms with van der Waals surface area (Å²) in [6, 6.07) is 4.73. The molecular weight excluding hydrogens is 383 g/mol. The molecular formula is C19H18ClFN6O. The lowest BCUT2D eigenvalue weighted by molar-refractivity contribution is 0.0950. The summed E-state index contributed by atoms with van der Waals surface area (Å²) in [5.41, 5.74) is 7.89. The zero-order valence-corrected chi connectivity index (χ0v) is 15.7. The second-order valence-corrected chi connectivity index (χ2v) is 7.44. The first kappa shape index (κ1) is 17.1. The van der Waals surface area contributed by atoms with Crippen molar-refractivity contribution in [3.05, 3.63) is 64.9 Å². The summed E-state index contributed by atoms with van der Waals surface area (Å²) >= 11 is 6.03. The van der Waals surface area contributed by atoms with Gasteiger partial charge in [-0.25, -0.2) is 9.37 Å². The molecule has 2 N–H and O–H groups in total. The fraction of sp³-hybridized carbons (Fsp3) is 0.263. The first-order valence-electron chi connectivity index (χ1n) is 9.03. The molecule has 0 radical (unpaired) electrons. The smallest absolute Gasteiger partial charge is 0.267 e. The molecule has 9 heteroatoms. The molecule has 2 aromatic rings. The van der Waals surface area contributed by atoms with E-state index in [1.807, 2.05) is 12.3 Å². The fourth-order valence-corrected chi connectivity index (χ4v) is 4.26. The van der Waals surface area contributed by atoms with Crippen LogP contribution in [0.25, 0.3) is 6.08 Å². The Morgan fingerprint density at radius 3 is 3.00 bits per heavy atom. The number of imidazole rings is 1. The van der Waals surface area contributed by atoms with Gasteiger partial charge in [0.15, 0.2) is 6.29 Å². The van der Waals surface area contributed by atoms with Crippen LogP contribution in [-0.4, -0.2) is 38.1 Å². The van der Waals surface area contributed by atoms with Gasteiger partial charge in [-0.3, -0.25) is 4.79 Å². The lowest BCUT2D eigenvalue weighted by Crippen LogP contribution is -2.51. The van der Waals surface area contributed by atoms with Gasteiger partial charge in [-0.2, -0.15) is 0 Å². The van der Waals surface area contributed by atoms with Gasteiger partial charge in [0.05, 0.1) is 17.9 Å². The Kier molecular flexibility index (Phi) is 3.83. The second kappa shape index (κ2) is 6.27. The third-order valence-electron chi connectivity index (χ3n) is 5.37. The van der Waals surface area contributed by atoms with Crippen molar-refractivity contribution in [3.63, 3.8) is 0 Å². The standard InChI is InChI=1S/C19H18ClFN6O/c20-14-8-12(3-4-15(14)21)26-10-13-2-1-6-25(13)19(26)24-7-5-17-23-9-16(18(22)28)27(17)11-24/h3-5,7-10,19H,1-2,6,11H2,(H2,22,28). The van der Waals surface area contributed by atoms with Gasteiger partial charge in [0.25, 0.3) is 5.91 Å². The molecule has 0 saturated carbocycles. The number of nitrogens with zero attached hydrogens (tertiary/aromatic N) is 5. The van der Waals surface area contributed by atoms with E-state index in [-0.39, 0.29) is 11.3 Å². The van der Waals surface area contributed by atoms with Gasteiger partial charge < -0.3 is 25.0 Å². The Bertz CT molecular complexity index is 1030. The third kappa shape index (κ3) is 2.56. The van der Waals surface area contributed by atoms with E-state index in [1.54, 1.807) is 16.7 Å². The summed E-state index contributed by atoms with van der Waals surface area (Å²) in [7, 11) is 0. The molecule has 3 aliphatic heterocycles. The molecule has 1 unspecified atom stereocenters. The van der Waals surface area contributed by atoms with Crippen LogP contribution in [0.3, 0.4) is 0 Å². The van der Waals surface area contributed by atoms with E-state index >= 15 is 0 Å². The van der Waals surface area contributed by atoms with Crippen LogP contribution in [0.15, 0.2) is 42.5 Å². The molecule has 144 valence electrons. The first-order valence-corrected chi connectivity index (χ1v) is 9.41. The minimum atomic E-state index is -0.511. The topological polar surface area (TPSA) is 70.6 Å². The van der Waals surface area contributed by atoms with Gasteiger partial charge in [0, 0.05) is 30.3 Å². The maximum absolute atomic E-state index is 13.7. The van der Waals surface area contributed by atoms with Gasteiger partial charge in [-0.05, 0) is 37.1 Å². The summed E-state index contributed by atoms with van der Waals surface area (Å²) in [5, 5.41) is 0.0869. The lowest BCUT2D eigenvalue weighted by atomic mass is 10.2. The van der Waals surface area contributed by atoms with Crippen LogP contribution in [-0.2, 0) is 6.67 Å². The van der Waals surface area contributed by atoms with Crippen LogP contribution in [0.1, 0.15) is 29.2 Å². The van der Waals surface area contributed by atoms with Crippen LogP contribution < -0.4 is 10.6 Å². The van der Waals surface area contributed by atoms with Gasteiger partial charge in [-0.1, -0.05) is 11.6 Å². The van der Waals surface area contributed by atoms with Crippen molar-refractivity contribution in [1.82, 2.24) is 19.4 Å². The number of carbonyl (C=O) groups is 1. The van der Waals surface area contributed by atoms with Crippen LogP contribution in [0.2, 0.25) is 5.02 Å². The number of halogens is 2. The van der Waals surface area contributed by atoms with Crippen LogP contribution in [0.5, 0.6) is 0 Å². The molecule has 28 heavy (non-hydrogen) atoms. The maximum atomic E-state index is 13.7. The van der Waals surface area contributed by atoms with Crippen LogP contribution in [0.4, 0.5) is 10.1 Å². The number of amides is 1. The molecule has 0 aliphatic carbocycles. The Balaban J connectivity index is 1.52. The van der Waals surface area contributed by atoms with Crippen molar-refractivity contribution in [1.29, 1.82) is 0 Å². The molecule has 0 spiro atoms. The van der Waals surface area contributed by atoms with Gasteiger partial charge in [0.2, 0.25) is 0 Å². The van der Waals surface area contributed by atoms with Crippen molar-refractivity contribution in [2.45, 2.75) is 25.8 Å². The zero-order valence-electron chi connectivity index (χ0n) is 14.9. The summed E-state index contributed by atoms with van der Waals surface area (Å²) in [6.07, 6.45) is 9.34.